The molecule has 0 N–H and O–H groups in total. The number of carbonyl (C=O) groups excluding carboxylic acids is 1. The monoisotopic (exact) mass is 498 g/mol. The van der Waals surface area contributed by atoms with E-state index in [4.69, 9.17) is 13.9 Å². The summed E-state index contributed by atoms with van der Waals surface area (Å²) in [7, 11) is 1.58. The van der Waals surface area contributed by atoms with Crippen LogP contribution in [0.1, 0.15) is 59.1 Å². The lowest BCUT2D eigenvalue weighted by atomic mass is 9.97. The van der Waals surface area contributed by atoms with Crippen LogP contribution >= 0.6 is 0 Å². The second kappa shape index (κ2) is 9.73. The molecule has 0 fully saturated rings. The van der Waals surface area contributed by atoms with Crippen molar-refractivity contribution in [3.8, 4) is 11.5 Å². The average Bonchev–Trinajstić information content (AvgIpc) is 3.17. The minimum Gasteiger partial charge on any atom is -0.493 e. The minimum atomic E-state index is -0.739. The molecule has 3 heterocycles. The van der Waals surface area contributed by atoms with Gasteiger partial charge >= 0.3 is 0 Å². The Kier molecular flexibility index (Phi) is 6.46. The summed E-state index contributed by atoms with van der Waals surface area (Å²) in [4.78, 5) is 33.6. The summed E-state index contributed by atoms with van der Waals surface area (Å²) < 4.78 is 17.7. The van der Waals surface area contributed by atoms with Gasteiger partial charge in [-0.3, -0.25) is 14.5 Å². The first kappa shape index (κ1) is 24.6. The molecule has 2 aromatic carbocycles. The van der Waals surface area contributed by atoms with Gasteiger partial charge in [0.1, 0.15) is 11.4 Å². The molecule has 190 valence electrons. The highest BCUT2D eigenvalue weighted by Crippen LogP contribution is 2.43. The molecule has 0 aliphatic carbocycles. The van der Waals surface area contributed by atoms with Gasteiger partial charge in [-0.1, -0.05) is 31.5 Å². The molecule has 0 spiro atoms. The maximum Gasteiger partial charge on any atom is 0.296 e. The average molecular weight is 499 g/mol. The predicted octanol–water partition coefficient (Wildman–Crippen LogP) is 5.99. The summed E-state index contributed by atoms with van der Waals surface area (Å²) in [6, 6.07) is 13.8. The molecule has 37 heavy (non-hydrogen) atoms. The normalized spacial score (nSPS) is 14.9. The Morgan fingerprint density at radius 1 is 1.00 bits per heavy atom. The third-order valence-electron chi connectivity index (χ3n) is 6.63. The highest BCUT2D eigenvalue weighted by molar-refractivity contribution is 6.10. The number of anilines is 1. The van der Waals surface area contributed by atoms with E-state index < -0.39 is 11.9 Å². The van der Waals surface area contributed by atoms with Gasteiger partial charge in [0.15, 0.2) is 16.9 Å². The van der Waals surface area contributed by atoms with Crippen molar-refractivity contribution in [2.75, 3.05) is 18.6 Å². The Morgan fingerprint density at radius 2 is 1.78 bits per heavy atom. The molecule has 0 bridgehead atoms. The lowest BCUT2D eigenvalue weighted by Crippen LogP contribution is -2.30. The van der Waals surface area contributed by atoms with Gasteiger partial charge in [0, 0.05) is 6.20 Å². The Morgan fingerprint density at radius 3 is 2.51 bits per heavy atom. The summed E-state index contributed by atoms with van der Waals surface area (Å²) in [5.74, 6) is 1.72. The number of benzene rings is 2. The van der Waals surface area contributed by atoms with Crippen LogP contribution in [0.3, 0.4) is 0 Å². The first-order valence-corrected chi connectivity index (χ1v) is 12.4. The Labute approximate surface area is 215 Å². The van der Waals surface area contributed by atoms with E-state index in [-0.39, 0.29) is 11.2 Å². The highest BCUT2D eigenvalue weighted by atomic mass is 16.5. The molecule has 4 aromatic rings. The molecule has 1 amide bonds. The predicted molar refractivity (Wildman–Crippen MR) is 143 cm³/mol. The van der Waals surface area contributed by atoms with Crippen molar-refractivity contribution in [1.29, 1.82) is 0 Å². The Bertz CT molecular complexity index is 1560. The van der Waals surface area contributed by atoms with E-state index in [9.17, 15) is 9.59 Å². The number of methoxy groups -OCH3 is 1. The molecule has 5 rings (SSSR count). The van der Waals surface area contributed by atoms with Crippen LogP contribution in [-0.2, 0) is 0 Å². The molecule has 1 unspecified atom stereocenters. The molecule has 1 atom stereocenters. The van der Waals surface area contributed by atoms with E-state index in [1.165, 1.54) is 4.90 Å². The summed E-state index contributed by atoms with van der Waals surface area (Å²) in [6.07, 6.45) is 2.56. The van der Waals surface area contributed by atoms with Crippen LogP contribution in [0.5, 0.6) is 11.5 Å². The van der Waals surface area contributed by atoms with Gasteiger partial charge in [0.2, 0.25) is 5.76 Å². The largest absolute Gasteiger partial charge is 0.493 e. The molecule has 2 aromatic heterocycles. The van der Waals surface area contributed by atoms with Gasteiger partial charge in [0.05, 0.1) is 30.7 Å². The number of pyridine rings is 1. The number of hydrogen-bond donors (Lipinski definition) is 0. The number of rotatable bonds is 7. The van der Waals surface area contributed by atoms with E-state index in [1.807, 2.05) is 50.2 Å². The van der Waals surface area contributed by atoms with Gasteiger partial charge in [0.25, 0.3) is 5.91 Å². The van der Waals surface area contributed by atoms with E-state index in [1.54, 1.807) is 25.4 Å². The number of carbonyl (C=O) groups is 1. The van der Waals surface area contributed by atoms with Crippen LogP contribution in [0.4, 0.5) is 5.82 Å². The van der Waals surface area contributed by atoms with Gasteiger partial charge in [-0.05, 0) is 73.7 Å². The van der Waals surface area contributed by atoms with Crippen LogP contribution in [0.25, 0.3) is 11.0 Å². The van der Waals surface area contributed by atoms with Gasteiger partial charge in [-0.25, -0.2) is 4.98 Å². The van der Waals surface area contributed by atoms with Crippen LogP contribution in [-0.4, -0.2) is 24.6 Å². The zero-order chi connectivity index (χ0) is 26.3. The number of amides is 1. The molecular formula is C30H30N2O5. The standard InChI is InChI=1S/C30H30N2O5/c1-17(2)11-13-36-23-9-7-20(16-24(23)35-5)27-26-28(33)21-14-18(3)6-8-22(21)37-29(26)30(34)32(27)25-15-19(4)10-12-31-25/h6-10,12,14-17,27H,11,13H2,1-5H3. The summed E-state index contributed by atoms with van der Waals surface area (Å²) in [5, 5.41) is 0.441. The van der Waals surface area contributed by atoms with Crippen molar-refractivity contribution in [2.45, 2.75) is 40.2 Å². The zero-order valence-electron chi connectivity index (χ0n) is 21.7. The molecule has 1 aliphatic rings. The number of hydrogen-bond acceptors (Lipinski definition) is 6. The van der Waals surface area contributed by atoms with Crippen molar-refractivity contribution < 1.29 is 18.7 Å². The van der Waals surface area contributed by atoms with Crippen molar-refractivity contribution in [2.24, 2.45) is 5.92 Å². The van der Waals surface area contributed by atoms with E-state index >= 15 is 0 Å². The van der Waals surface area contributed by atoms with Crippen LogP contribution < -0.4 is 19.8 Å². The SMILES string of the molecule is COc1cc(C2c3c(oc4ccc(C)cc4c3=O)C(=O)N2c2cc(C)ccn2)ccc1OCCC(C)C. The molecule has 0 radical (unpaired) electrons. The fraction of sp³-hybridized carbons (Fsp3) is 0.300. The van der Waals surface area contributed by atoms with Gasteiger partial charge < -0.3 is 13.9 Å². The summed E-state index contributed by atoms with van der Waals surface area (Å²) in [6.45, 7) is 8.69. The fourth-order valence-electron chi connectivity index (χ4n) is 4.67. The highest BCUT2D eigenvalue weighted by Gasteiger charge is 2.44. The second-order valence-corrected chi connectivity index (χ2v) is 9.88. The number of aryl methyl sites for hydroxylation is 2. The molecule has 7 heteroatoms. The van der Waals surface area contributed by atoms with Gasteiger partial charge in [-0.2, -0.15) is 0 Å². The smallest absolute Gasteiger partial charge is 0.296 e. The Hall–Kier alpha value is -4.13. The Balaban J connectivity index is 1.69. The van der Waals surface area contributed by atoms with E-state index in [0.29, 0.717) is 51.9 Å². The molecule has 0 saturated heterocycles. The van der Waals surface area contributed by atoms with Crippen LogP contribution in [0.2, 0.25) is 0 Å². The summed E-state index contributed by atoms with van der Waals surface area (Å²) >= 11 is 0. The van der Waals surface area contributed by atoms with E-state index in [2.05, 4.69) is 18.8 Å². The zero-order valence-corrected chi connectivity index (χ0v) is 21.7. The number of aromatic nitrogens is 1. The minimum absolute atomic E-state index is 0.0332. The molecule has 7 nitrogen and oxygen atoms in total. The first-order chi connectivity index (χ1) is 17.8. The van der Waals surface area contributed by atoms with Crippen molar-refractivity contribution in [3.05, 3.63) is 93.0 Å². The number of fused-ring (bicyclic) bond motifs is 2. The van der Waals surface area contributed by atoms with E-state index in [0.717, 1.165) is 17.5 Å². The third-order valence-corrected chi connectivity index (χ3v) is 6.63. The fourth-order valence-corrected chi connectivity index (χ4v) is 4.67. The number of ether oxygens (including phenoxy) is 2. The van der Waals surface area contributed by atoms with Crippen LogP contribution in [0.15, 0.2) is 63.9 Å². The molecular weight excluding hydrogens is 468 g/mol. The van der Waals surface area contributed by atoms with Crippen LogP contribution in [0, 0.1) is 19.8 Å². The van der Waals surface area contributed by atoms with Crippen molar-refractivity contribution in [3.63, 3.8) is 0 Å². The maximum atomic E-state index is 13.9. The second-order valence-electron chi connectivity index (χ2n) is 9.88. The first-order valence-electron chi connectivity index (χ1n) is 12.4. The lowest BCUT2D eigenvalue weighted by molar-refractivity contribution is 0.0970. The number of nitrogens with zero attached hydrogens (tertiary/aromatic N) is 2. The lowest BCUT2D eigenvalue weighted by Gasteiger charge is -2.25. The quantitative estimate of drug-likeness (QED) is 0.311. The van der Waals surface area contributed by atoms with Gasteiger partial charge in [-0.15, -0.1) is 0 Å². The summed E-state index contributed by atoms with van der Waals surface area (Å²) in [5.41, 5.74) is 3.02. The molecule has 1 aliphatic heterocycles. The maximum absolute atomic E-state index is 13.9. The van der Waals surface area contributed by atoms with Crippen molar-refractivity contribution >= 4 is 22.7 Å². The topological polar surface area (TPSA) is 81.9 Å². The molecule has 0 saturated carbocycles. The third kappa shape index (κ3) is 4.46. The van der Waals surface area contributed by atoms with Crippen molar-refractivity contribution in [1.82, 2.24) is 4.98 Å².